The number of carbonyl (C=O) groups is 1. The van der Waals surface area contributed by atoms with Crippen molar-refractivity contribution in [2.75, 3.05) is 13.1 Å². The molecule has 0 aliphatic rings. The number of halogens is 1. The number of hydrogen-bond donors (Lipinski definition) is 1. The van der Waals surface area contributed by atoms with Crippen LogP contribution in [0.2, 0.25) is 0 Å². The largest absolute Gasteiger partial charge is 0.478 e. The molecule has 88 valence electrons. The fourth-order valence-corrected chi connectivity index (χ4v) is 1.56. The molecular formula is C12H16FNO2. The second-order valence-corrected chi connectivity index (χ2v) is 3.55. The van der Waals surface area contributed by atoms with Crippen LogP contribution in [0.4, 0.5) is 4.39 Å². The van der Waals surface area contributed by atoms with Gasteiger partial charge in [-0.25, -0.2) is 9.18 Å². The molecule has 0 saturated carbocycles. The van der Waals surface area contributed by atoms with Crippen LogP contribution in [-0.2, 0) is 6.54 Å². The summed E-state index contributed by atoms with van der Waals surface area (Å²) in [5.74, 6) is -1.85. The number of carboxylic acids is 1. The Kier molecular flexibility index (Phi) is 4.43. The van der Waals surface area contributed by atoms with Gasteiger partial charge in [0.1, 0.15) is 5.82 Å². The van der Waals surface area contributed by atoms with E-state index in [4.69, 9.17) is 5.11 Å². The average Bonchev–Trinajstić information content (AvgIpc) is 2.27. The maximum Gasteiger partial charge on any atom is 0.338 e. The van der Waals surface area contributed by atoms with Crippen molar-refractivity contribution in [3.63, 3.8) is 0 Å². The van der Waals surface area contributed by atoms with Crippen molar-refractivity contribution in [2.24, 2.45) is 0 Å². The summed E-state index contributed by atoms with van der Waals surface area (Å²) >= 11 is 0. The lowest BCUT2D eigenvalue weighted by molar-refractivity contribution is 0.0691. The minimum absolute atomic E-state index is 0.260. The van der Waals surface area contributed by atoms with Gasteiger partial charge in [-0.2, -0.15) is 0 Å². The van der Waals surface area contributed by atoms with Crippen LogP contribution in [0, 0.1) is 5.82 Å². The summed E-state index contributed by atoms with van der Waals surface area (Å²) in [6.07, 6.45) is 0. The van der Waals surface area contributed by atoms with Crippen molar-refractivity contribution in [3.05, 3.63) is 35.1 Å². The summed E-state index contributed by atoms with van der Waals surface area (Å²) in [6, 6.07) is 4.48. The van der Waals surface area contributed by atoms with Crippen molar-refractivity contribution >= 4 is 5.97 Å². The van der Waals surface area contributed by atoms with E-state index in [0.29, 0.717) is 12.1 Å². The SMILES string of the molecule is CCN(CC)Cc1cccc(C(=O)O)c1F. The van der Waals surface area contributed by atoms with Gasteiger partial charge < -0.3 is 5.11 Å². The van der Waals surface area contributed by atoms with Crippen LogP contribution < -0.4 is 0 Å². The smallest absolute Gasteiger partial charge is 0.338 e. The van der Waals surface area contributed by atoms with Gasteiger partial charge in [0.25, 0.3) is 0 Å². The molecule has 0 aromatic heterocycles. The van der Waals surface area contributed by atoms with Crippen molar-refractivity contribution in [3.8, 4) is 0 Å². The summed E-state index contributed by atoms with van der Waals surface area (Å²) in [7, 11) is 0. The Morgan fingerprint density at radius 3 is 2.50 bits per heavy atom. The van der Waals surface area contributed by atoms with Gasteiger partial charge >= 0.3 is 5.97 Å². The van der Waals surface area contributed by atoms with Crippen molar-refractivity contribution < 1.29 is 14.3 Å². The third-order valence-electron chi connectivity index (χ3n) is 2.60. The molecule has 0 unspecified atom stereocenters. The first-order valence-corrected chi connectivity index (χ1v) is 5.33. The normalized spacial score (nSPS) is 10.8. The van der Waals surface area contributed by atoms with Gasteiger partial charge in [0.15, 0.2) is 0 Å². The van der Waals surface area contributed by atoms with Gasteiger partial charge in [0.2, 0.25) is 0 Å². The molecule has 1 rings (SSSR count). The summed E-state index contributed by atoms with van der Waals surface area (Å²) < 4.78 is 13.7. The molecule has 0 aliphatic carbocycles. The van der Waals surface area contributed by atoms with E-state index < -0.39 is 11.8 Å². The highest BCUT2D eigenvalue weighted by atomic mass is 19.1. The number of carboxylic acid groups (broad SMARTS) is 1. The highest BCUT2D eigenvalue weighted by Crippen LogP contribution is 2.15. The molecular weight excluding hydrogens is 209 g/mol. The number of hydrogen-bond acceptors (Lipinski definition) is 2. The molecule has 16 heavy (non-hydrogen) atoms. The highest BCUT2D eigenvalue weighted by Gasteiger charge is 2.14. The topological polar surface area (TPSA) is 40.5 Å². The molecule has 1 aromatic rings. The summed E-state index contributed by atoms with van der Waals surface area (Å²) in [5, 5.41) is 8.79. The third kappa shape index (κ3) is 2.79. The summed E-state index contributed by atoms with van der Waals surface area (Å²) in [5.41, 5.74) is 0.174. The van der Waals surface area contributed by atoms with E-state index in [1.807, 2.05) is 18.7 Å². The Bertz CT molecular complexity index is 375. The molecule has 3 nitrogen and oxygen atoms in total. The lowest BCUT2D eigenvalue weighted by atomic mass is 10.1. The van der Waals surface area contributed by atoms with E-state index in [9.17, 15) is 9.18 Å². The van der Waals surface area contributed by atoms with Crippen LogP contribution in [0.5, 0.6) is 0 Å². The Morgan fingerprint density at radius 1 is 1.38 bits per heavy atom. The highest BCUT2D eigenvalue weighted by molar-refractivity contribution is 5.88. The van der Waals surface area contributed by atoms with Crippen LogP contribution in [0.15, 0.2) is 18.2 Å². The average molecular weight is 225 g/mol. The first kappa shape index (κ1) is 12.6. The minimum Gasteiger partial charge on any atom is -0.478 e. The van der Waals surface area contributed by atoms with Gasteiger partial charge in [-0.3, -0.25) is 4.90 Å². The number of benzene rings is 1. The lowest BCUT2D eigenvalue weighted by Crippen LogP contribution is -2.23. The van der Waals surface area contributed by atoms with Gasteiger partial charge in [-0.15, -0.1) is 0 Å². The van der Waals surface area contributed by atoms with Gasteiger partial charge in [-0.1, -0.05) is 26.0 Å². The van der Waals surface area contributed by atoms with Gasteiger partial charge in [-0.05, 0) is 19.2 Å². The Balaban J connectivity index is 2.97. The number of nitrogens with zero attached hydrogens (tertiary/aromatic N) is 1. The molecule has 0 fully saturated rings. The van der Waals surface area contributed by atoms with E-state index in [-0.39, 0.29) is 5.56 Å². The van der Waals surface area contributed by atoms with Crippen molar-refractivity contribution in [1.82, 2.24) is 4.90 Å². The second-order valence-electron chi connectivity index (χ2n) is 3.55. The van der Waals surface area contributed by atoms with E-state index in [0.717, 1.165) is 13.1 Å². The molecule has 0 radical (unpaired) electrons. The lowest BCUT2D eigenvalue weighted by Gasteiger charge is -2.18. The number of rotatable bonds is 5. The monoisotopic (exact) mass is 225 g/mol. The molecule has 4 heteroatoms. The zero-order valence-corrected chi connectivity index (χ0v) is 9.53. The maximum atomic E-state index is 13.7. The minimum atomic E-state index is -1.22. The Hall–Kier alpha value is -1.42. The van der Waals surface area contributed by atoms with E-state index >= 15 is 0 Å². The van der Waals surface area contributed by atoms with Crippen LogP contribution in [0.25, 0.3) is 0 Å². The van der Waals surface area contributed by atoms with Crippen LogP contribution in [0.3, 0.4) is 0 Å². The zero-order valence-electron chi connectivity index (χ0n) is 9.53. The van der Waals surface area contributed by atoms with E-state index in [1.54, 1.807) is 12.1 Å². The second kappa shape index (κ2) is 5.61. The predicted octanol–water partition coefficient (Wildman–Crippen LogP) is 2.37. The summed E-state index contributed by atoms with van der Waals surface area (Å²) in [6.45, 7) is 6.05. The molecule has 0 spiro atoms. The first-order valence-electron chi connectivity index (χ1n) is 5.33. The molecule has 0 atom stereocenters. The Morgan fingerprint density at radius 2 is 2.00 bits per heavy atom. The standard InChI is InChI=1S/C12H16FNO2/c1-3-14(4-2)8-9-6-5-7-10(11(9)13)12(15)16/h5-7H,3-4,8H2,1-2H3,(H,15,16). The van der Waals surface area contributed by atoms with Crippen LogP contribution in [0.1, 0.15) is 29.8 Å². The first-order chi connectivity index (χ1) is 7.60. The van der Waals surface area contributed by atoms with Crippen molar-refractivity contribution in [1.29, 1.82) is 0 Å². The third-order valence-corrected chi connectivity index (χ3v) is 2.60. The van der Waals surface area contributed by atoms with Gasteiger partial charge in [0.05, 0.1) is 5.56 Å². The van der Waals surface area contributed by atoms with Crippen LogP contribution >= 0.6 is 0 Å². The summed E-state index contributed by atoms with van der Waals surface area (Å²) in [4.78, 5) is 12.8. The molecule has 0 aliphatic heterocycles. The van der Waals surface area contributed by atoms with Crippen molar-refractivity contribution in [2.45, 2.75) is 20.4 Å². The fraction of sp³-hybridized carbons (Fsp3) is 0.417. The molecule has 1 N–H and O–H groups in total. The zero-order chi connectivity index (χ0) is 12.1. The molecule has 1 aromatic carbocycles. The van der Waals surface area contributed by atoms with E-state index in [1.165, 1.54) is 6.07 Å². The van der Waals surface area contributed by atoms with Crippen LogP contribution in [-0.4, -0.2) is 29.1 Å². The molecule has 0 saturated heterocycles. The quantitative estimate of drug-likeness (QED) is 0.836. The predicted molar refractivity (Wildman–Crippen MR) is 60.0 cm³/mol. The number of aromatic carboxylic acids is 1. The van der Waals surface area contributed by atoms with E-state index in [2.05, 4.69) is 0 Å². The molecule has 0 amide bonds. The molecule has 0 bridgehead atoms. The fourth-order valence-electron chi connectivity index (χ4n) is 1.56. The Labute approximate surface area is 94.5 Å². The van der Waals surface area contributed by atoms with Gasteiger partial charge in [0, 0.05) is 12.1 Å². The maximum absolute atomic E-state index is 13.7. The molecule has 0 heterocycles.